The van der Waals surface area contributed by atoms with Crippen LogP contribution in [-0.2, 0) is 19.1 Å². The van der Waals surface area contributed by atoms with E-state index in [1.807, 2.05) is 98.7 Å². The van der Waals surface area contributed by atoms with E-state index in [0.717, 1.165) is 75.6 Å². The Morgan fingerprint density at radius 2 is 0.952 bits per heavy atom. The Bertz CT molecular complexity index is 2240. The van der Waals surface area contributed by atoms with Crippen molar-refractivity contribution in [3.05, 3.63) is 87.8 Å². The predicted molar refractivity (Wildman–Crippen MR) is 242 cm³/mol. The maximum absolute atomic E-state index is 12.6. The molecule has 0 aromatic heterocycles. The highest BCUT2D eigenvalue weighted by atomic mass is 16.6. The van der Waals surface area contributed by atoms with Gasteiger partial charge in [0.15, 0.2) is 0 Å². The number of esters is 2. The van der Waals surface area contributed by atoms with Gasteiger partial charge in [-0.3, -0.25) is 9.59 Å². The summed E-state index contributed by atoms with van der Waals surface area (Å²) in [5, 5.41) is 41.7. The molecule has 12 nitrogen and oxygen atoms in total. The van der Waals surface area contributed by atoms with Crippen molar-refractivity contribution in [1.82, 2.24) is 0 Å². The third-order valence-corrected chi connectivity index (χ3v) is 10.1. The van der Waals surface area contributed by atoms with Crippen LogP contribution >= 0.6 is 0 Å². The lowest BCUT2D eigenvalue weighted by atomic mass is 9.87. The molecule has 0 bridgehead atoms. The smallest absolute Gasteiger partial charge is 0.305 e. The van der Waals surface area contributed by atoms with Gasteiger partial charge in [0.2, 0.25) is 0 Å². The van der Waals surface area contributed by atoms with Crippen LogP contribution in [0.2, 0.25) is 0 Å². The fraction of sp³-hybridized carbons (Fsp3) is 0.440. The van der Waals surface area contributed by atoms with Crippen molar-refractivity contribution in [1.29, 1.82) is 21.0 Å². The van der Waals surface area contributed by atoms with E-state index < -0.39 is 0 Å². The number of nitrogens with zero attached hydrogens (tertiary/aromatic N) is 6. The summed E-state index contributed by atoms with van der Waals surface area (Å²) < 4.78 is 23.6. The van der Waals surface area contributed by atoms with E-state index in [4.69, 9.17) is 18.9 Å². The van der Waals surface area contributed by atoms with Crippen LogP contribution in [0.4, 0.5) is 11.4 Å². The number of allylic oxidation sites excluding steroid dienone is 2. The molecule has 0 amide bonds. The van der Waals surface area contributed by atoms with Gasteiger partial charge in [0.1, 0.15) is 73.3 Å². The van der Waals surface area contributed by atoms with Gasteiger partial charge >= 0.3 is 11.9 Å². The van der Waals surface area contributed by atoms with E-state index in [1.54, 1.807) is 6.07 Å². The molecule has 12 heteroatoms. The normalized spacial score (nSPS) is 10.8. The zero-order valence-corrected chi connectivity index (χ0v) is 37.2. The molecule has 326 valence electrons. The molecule has 0 N–H and O–H groups in total. The number of unbranched alkanes of at least 4 members (excludes halogenated alkanes) is 8. The summed E-state index contributed by atoms with van der Waals surface area (Å²) in [5.41, 5.74) is 3.25. The molecule has 0 atom stereocenters. The fourth-order valence-electron chi connectivity index (χ4n) is 6.68. The lowest BCUT2D eigenvalue weighted by molar-refractivity contribution is -0.145. The third-order valence-electron chi connectivity index (χ3n) is 10.1. The Hall–Kier alpha value is -6.76. The number of carbonyl (C=O) groups excluding carboxylic acids is 2. The molecule has 0 saturated carbocycles. The van der Waals surface area contributed by atoms with Gasteiger partial charge < -0.3 is 28.7 Å². The van der Waals surface area contributed by atoms with Crippen LogP contribution in [0.15, 0.2) is 66.2 Å². The van der Waals surface area contributed by atoms with E-state index in [1.165, 1.54) is 6.07 Å². The van der Waals surface area contributed by atoms with Crippen molar-refractivity contribution in [3.63, 3.8) is 0 Å². The summed E-state index contributed by atoms with van der Waals surface area (Å²) in [6.07, 6.45) is 10.4. The standard InChI is InChI=1S/C50H60N6O6/c1-7-9-11-13-15-17-47(57)61-29-27-59-45-32-44(46(31-43(45)39(33-51)34-52)60-28-30-62-48(58)18-16-14-12-10-8-2)50(38-21-25-42(26-22-38)56(5)6)49(40(35-53)36-54)37-19-23-41(24-20-37)55(3)4/h19-26,31-32H,7-18,27-30H2,1-6H3/b50-44-. The second kappa shape index (κ2) is 27.2. The Morgan fingerprint density at radius 3 is 1.37 bits per heavy atom. The van der Waals surface area contributed by atoms with E-state index in [2.05, 4.69) is 26.0 Å². The maximum atomic E-state index is 12.6. The topological polar surface area (TPSA) is 173 Å². The zero-order chi connectivity index (χ0) is 45.3. The minimum Gasteiger partial charge on any atom is -0.489 e. The second-order valence-corrected chi connectivity index (χ2v) is 15.1. The van der Waals surface area contributed by atoms with Crippen molar-refractivity contribution in [2.24, 2.45) is 0 Å². The summed E-state index contributed by atoms with van der Waals surface area (Å²) in [5.74, 6) is -0.412. The largest absolute Gasteiger partial charge is 0.489 e. The van der Waals surface area contributed by atoms with Crippen molar-refractivity contribution in [2.75, 3.05) is 64.4 Å². The molecule has 0 aliphatic rings. The Balaban J connectivity index is 2.31. The van der Waals surface area contributed by atoms with Crippen molar-refractivity contribution < 1.29 is 28.5 Å². The molecule has 0 aliphatic carbocycles. The molecule has 0 heterocycles. The molecular formula is C50H60N6O6. The minimum atomic E-state index is -0.347. The number of carbonyl (C=O) groups is 2. The molecule has 0 aliphatic heterocycles. The fourth-order valence-corrected chi connectivity index (χ4v) is 6.68. The molecule has 0 saturated heterocycles. The van der Waals surface area contributed by atoms with Crippen LogP contribution in [0.1, 0.15) is 102 Å². The van der Waals surface area contributed by atoms with Crippen LogP contribution in [0.3, 0.4) is 0 Å². The van der Waals surface area contributed by atoms with Crippen molar-refractivity contribution in [3.8, 4) is 35.8 Å². The number of benzene rings is 3. The van der Waals surface area contributed by atoms with Gasteiger partial charge in [-0.1, -0.05) is 89.5 Å². The number of ether oxygens (including phenoxy) is 4. The number of rotatable bonds is 25. The van der Waals surface area contributed by atoms with Crippen LogP contribution < -0.4 is 29.7 Å². The second-order valence-electron chi connectivity index (χ2n) is 15.1. The lowest BCUT2D eigenvalue weighted by Crippen LogP contribution is -2.24. The van der Waals surface area contributed by atoms with Crippen LogP contribution in [0.25, 0.3) is 16.7 Å². The average molecular weight is 841 g/mol. The van der Waals surface area contributed by atoms with Crippen molar-refractivity contribution in [2.45, 2.75) is 90.9 Å². The molecule has 0 fully saturated rings. The lowest BCUT2D eigenvalue weighted by Gasteiger charge is -2.20. The molecule has 0 radical (unpaired) electrons. The number of nitriles is 4. The van der Waals surface area contributed by atoms with Crippen LogP contribution in [0.5, 0.6) is 11.5 Å². The molecular weight excluding hydrogens is 781 g/mol. The predicted octanol–water partition coefficient (Wildman–Crippen LogP) is 8.28. The molecule has 0 unspecified atom stereocenters. The van der Waals surface area contributed by atoms with Gasteiger partial charge in [-0.25, -0.2) is 0 Å². The third kappa shape index (κ3) is 15.4. The van der Waals surface area contributed by atoms with Crippen LogP contribution in [-0.4, -0.2) is 66.6 Å². The highest BCUT2D eigenvalue weighted by molar-refractivity contribution is 6.08. The van der Waals surface area contributed by atoms with Crippen LogP contribution in [0, 0.1) is 45.3 Å². The summed E-state index contributed by atoms with van der Waals surface area (Å²) in [6, 6.07) is 26.2. The van der Waals surface area contributed by atoms with Gasteiger partial charge in [0.25, 0.3) is 0 Å². The highest BCUT2D eigenvalue weighted by Gasteiger charge is 2.22. The first-order valence-electron chi connectivity index (χ1n) is 21.4. The zero-order valence-electron chi connectivity index (χ0n) is 37.2. The van der Waals surface area contributed by atoms with E-state index >= 15 is 0 Å². The van der Waals surface area contributed by atoms with Gasteiger partial charge in [0.05, 0.1) is 0 Å². The summed E-state index contributed by atoms with van der Waals surface area (Å²) >= 11 is 0. The van der Waals surface area contributed by atoms with Gasteiger partial charge in [0, 0.05) is 74.0 Å². The van der Waals surface area contributed by atoms with E-state index in [-0.39, 0.29) is 79.1 Å². The highest BCUT2D eigenvalue weighted by Crippen LogP contribution is 2.35. The molecule has 3 aromatic rings. The van der Waals surface area contributed by atoms with Gasteiger partial charge in [-0.15, -0.1) is 0 Å². The molecule has 3 aromatic carbocycles. The van der Waals surface area contributed by atoms with E-state index in [0.29, 0.717) is 27.5 Å². The van der Waals surface area contributed by atoms with Gasteiger partial charge in [-0.2, -0.15) is 21.0 Å². The monoisotopic (exact) mass is 840 g/mol. The maximum Gasteiger partial charge on any atom is 0.305 e. The number of anilines is 2. The number of hydrogen-bond donors (Lipinski definition) is 0. The summed E-state index contributed by atoms with van der Waals surface area (Å²) in [7, 11) is 7.65. The molecule has 0 spiro atoms. The van der Waals surface area contributed by atoms with E-state index in [9.17, 15) is 30.6 Å². The Kier molecular flexibility index (Phi) is 21.7. The Labute approximate surface area is 367 Å². The SMILES string of the molecule is CCCCCCCC(=O)OCCOc1c/c(=C(/C(=C(C#N)C#N)c2ccc(N(C)C)cc2)c2ccc(N(C)C)cc2)c(OCCOC(=O)CCCCCCC)cc1=C(C#N)C#N. The van der Waals surface area contributed by atoms with Gasteiger partial charge in [-0.05, 0) is 60.4 Å². The van der Waals surface area contributed by atoms with Crippen molar-refractivity contribution >= 4 is 40.0 Å². The average Bonchev–Trinajstić information content (AvgIpc) is 3.27. The summed E-state index contributed by atoms with van der Waals surface area (Å²) in [4.78, 5) is 29.0. The first kappa shape index (κ1) is 49.6. The summed E-state index contributed by atoms with van der Waals surface area (Å²) in [6.45, 7) is 3.90. The first-order valence-corrected chi connectivity index (χ1v) is 21.4. The minimum absolute atomic E-state index is 0.0823. The first-order chi connectivity index (χ1) is 30.0. The number of hydrogen-bond acceptors (Lipinski definition) is 12. The quantitative estimate of drug-likeness (QED) is 0.0455. The molecule has 3 rings (SSSR count). The Morgan fingerprint density at radius 1 is 0.532 bits per heavy atom. The molecule has 62 heavy (non-hydrogen) atoms.